The predicted molar refractivity (Wildman–Crippen MR) is 52.2 cm³/mol. The maximum absolute atomic E-state index is 5.62. The number of ether oxygens (including phenoxy) is 1. The van der Waals surface area contributed by atoms with Gasteiger partial charge in [0.05, 0.1) is 7.11 Å². The van der Waals surface area contributed by atoms with Crippen molar-refractivity contribution in [3.05, 3.63) is 29.8 Å². The van der Waals surface area contributed by atoms with Crippen LogP contribution in [0.4, 0.5) is 0 Å². The summed E-state index contributed by atoms with van der Waals surface area (Å²) in [6.45, 7) is 0. The van der Waals surface area contributed by atoms with Crippen LogP contribution in [0.25, 0.3) is 0 Å². The van der Waals surface area contributed by atoms with Crippen molar-refractivity contribution in [3.8, 4) is 5.75 Å². The average molecular weight is 205 g/mol. The molecule has 0 radical (unpaired) electrons. The standard InChI is InChI=1S/C9H10Cl2O/c1-12-8-4-2-7(3-5-8)6-9(10)11/h2-5,9H,6H2,1H3. The zero-order valence-corrected chi connectivity index (χ0v) is 8.27. The maximum Gasteiger partial charge on any atom is 0.118 e. The van der Waals surface area contributed by atoms with E-state index in [1.807, 2.05) is 24.3 Å². The van der Waals surface area contributed by atoms with Crippen LogP contribution in [0.15, 0.2) is 24.3 Å². The minimum atomic E-state index is -0.335. The predicted octanol–water partition coefficient (Wildman–Crippen LogP) is 3.04. The highest BCUT2D eigenvalue weighted by Crippen LogP contribution is 2.15. The Hall–Kier alpha value is -0.400. The molecule has 0 aromatic heterocycles. The van der Waals surface area contributed by atoms with Crippen LogP contribution in [0.1, 0.15) is 5.56 Å². The summed E-state index contributed by atoms with van der Waals surface area (Å²) in [6, 6.07) is 7.70. The summed E-state index contributed by atoms with van der Waals surface area (Å²) >= 11 is 11.2. The third-order valence-corrected chi connectivity index (χ3v) is 1.86. The molecular weight excluding hydrogens is 195 g/mol. The molecule has 0 unspecified atom stereocenters. The Kier molecular flexibility index (Phi) is 3.70. The van der Waals surface area contributed by atoms with Crippen LogP contribution in [-0.2, 0) is 6.42 Å². The number of methoxy groups -OCH3 is 1. The molecule has 0 saturated carbocycles. The SMILES string of the molecule is COc1ccc(CC(Cl)Cl)cc1. The maximum atomic E-state index is 5.62. The van der Waals surface area contributed by atoms with Gasteiger partial charge in [-0.3, -0.25) is 0 Å². The molecule has 1 rings (SSSR count). The van der Waals surface area contributed by atoms with E-state index < -0.39 is 0 Å². The Bertz CT molecular complexity index is 231. The van der Waals surface area contributed by atoms with Gasteiger partial charge in [0.15, 0.2) is 0 Å². The highest BCUT2D eigenvalue weighted by atomic mass is 35.5. The van der Waals surface area contributed by atoms with E-state index in [1.165, 1.54) is 0 Å². The summed E-state index contributed by atoms with van der Waals surface area (Å²) in [5, 5.41) is 0. The van der Waals surface area contributed by atoms with Gasteiger partial charge in [0, 0.05) is 6.42 Å². The lowest BCUT2D eigenvalue weighted by Crippen LogP contribution is -1.93. The molecule has 1 aromatic carbocycles. The molecule has 0 aliphatic carbocycles. The molecule has 0 heterocycles. The normalized spacial score (nSPS) is 10.3. The third-order valence-electron chi connectivity index (χ3n) is 1.55. The van der Waals surface area contributed by atoms with E-state index in [0.29, 0.717) is 6.42 Å². The van der Waals surface area contributed by atoms with E-state index in [9.17, 15) is 0 Å². The van der Waals surface area contributed by atoms with Crippen LogP contribution in [0.5, 0.6) is 5.75 Å². The van der Waals surface area contributed by atoms with E-state index in [-0.39, 0.29) is 4.84 Å². The van der Waals surface area contributed by atoms with E-state index in [1.54, 1.807) is 7.11 Å². The van der Waals surface area contributed by atoms with Crippen LogP contribution in [-0.4, -0.2) is 11.9 Å². The fraction of sp³-hybridized carbons (Fsp3) is 0.333. The van der Waals surface area contributed by atoms with Crippen molar-refractivity contribution in [2.75, 3.05) is 7.11 Å². The molecule has 1 nitrogen and oxygen atoms in total. The first-order valence-corrected chi connectivity index (χ1v) is 4.50. The summed E-state index contributed by atoms with van der Waals surface area (Å²) in [5.41, 5.74) is 1.12. The van der Waals surface area contributed by atoms with Crippen molar-refractivity contribution in [1.82, 2.24) is 0 Å². The van der Waals surface area contributed by atoms with Gasteiger partial charge in [0.25, 0.3) is 0 Å². The molecule has 0 N–H and O–H groups in total. The number of rotatable bonds is 3. The topological polar surface area (TPSA) is 9.23 Å². The lowest BCUT2D eigenvalue weighted by Gasteiger charge is -2.03. The van der Waals surface area contributed by atoms with Gasteiger partial charge in [-0.15, -0.1) is 23.2 Å². The quantitative estimate of drug-likeness (QED) is 0.689. The number of halogens is 2. The molecule has 0 aliphatic heterocycles. The van der Waals surface area contributed by atoms with Crippen molar-refractivity contribution in [1.29, 1.82) is 0 Å². The van der Waals surface area contributed by atoms with Gasteiger partial charge in [0.2, 0.25) is 0 Å². The second kappa shape index (κ2) is 4.58. The molecule has 66 valence electrons. The second-order valence-corrected chi connectivity index (χ2v) is 3.72. The summed E-state index contributed by atoms with van der Waals surface area (Å²) < 4.78 is 5.01. The zero-order chi connectivity index (χ0) is 8.97. The van der Waals surface area contributed by atoms with Crippen LogP contribution < -0.4 is 4.74 Å². The molecule has 1 aromatic rings. The average Bonchev–Trinajstić information content (AvgIpc) is 2.05. The van der Waals surface area contributed by atoms with Crippen molar-refractivity contribution >= 4 is 23.2 Å². The Labute approximate surface area is 82.2 Å². The van der Waals surface area contributed by atoms with E-state index in [0.717, 1.165) is 11.3 Å². The first-order chi connectivity index (χ1) is 5.72. The molecule has 0 bridgehead atoms. The molecule has 0 fully saturated rings. The summed E-state index contributed by atoms with van der Waals surface area (Å²) in [6.07, 6.45) is 0.674. The molecule has 0 amide bonds. The minimum Gasteiger partial charge on any atom is -0.497 e. The smallest absolute Gasteiger partial charge is 0.118 e. The van der Waals surface area contributed by atoms with Crippen molar-refractivity contribution in [2.24, 2.45) is 0 Å². The van der Waals surface area contributed by atoms with Gasteiger partial charge >= 0.3 is 0 Å². The molecule has 0 spiro atoms. The minimum absolute atomic E-state index is 0.335. The van der Waals surface area contributed by atoms with Crippen LogP contribution >= 0.6 is 23.2 Å². The van der Waals surface area contributed by atoms with Gasteiger partial charge in [-0.1, -0.05) is 12.1 Å². The lowest BCUT2D eigenvalue weighted by molar-refractivity contribution is 0.414. The van der Waals surface area contributed by atoms with Crippen LogP contribution in [0.2, 0.25) is 0 Å². The Balaban J connectivity index is 2.65. The molecular formula is C9H10Cl2O. The van der Waals surface area contributed by atoms with Gasteiger partial charge in [-0.2, -0.15) is 0 Å². The monoisotopic (exact) mass is 204 g/mol. The Morgan fingerprint density at radius 3 is 2.25 bits per heavy atom. The lowest BCUT2D eigenvalue weighted by atomic mass is 10.2. The van der Waals surface area contributed by atoms with E-state index in [4.69, 9.17) is 27.9 Å². The summed E-state index contributed by atoms with van der Waals surface area (Å²) in [5.74, 6) is 0.847. The van der Waals surface area contributed by atoms with Crippen LogP contribution in [0, 0.1) is 0 Å². The highest BCUT2D eigenvalue weighted by molar-refractivity contribution is 6.44. The summed E-state index contributed by atoms with van der Waals surface area (Å²) in [7, 11) is 1.64. The second-order valence-electron chi connectivity index (χ2n) is 2.44. The molecule has 3 heteroatoms. The third kappa shape index (κ3) is 2.92. The number of hydrogen-bond donors (Lipinski definition) is 0. The zero-order valence-electron chi connectivity index (χ0n) is 6.76. The van der Waals surface area contributed by atoms with Gasteiger partial charge in [-0.05, 0) is 17.7 Å². The van der Waals surface area contributed by atoms with E-state index >= 15 is 0 Å². The van der Waals surface area contributed by atoms with E-state index in [2.05, 4.69) is 0 Å². The van der Waals surface area contributed by atoms with Gasteiger partial charge < -0.3 is 4.74 Å². The van der Waals surface area contributed by atoms with Gasteiger partial charge in [0.1, 0.15) is 10.6 Å². The molecule has 0 atom stereocenters. The summed E-state index contributed by atoms with van der Waals surface area (Å²) in [4.78, 5) is -0.335. The Morgan fingerprint density at radius 1 is 1.25 bits per heavy atom. The van der Waals surface area contributed by atoms with Crippen molar-refractivity contribution in [2.45, 2.75) is 11.3 Å². The molecule has 12 heavy (non-hydrogen) atoms. The molecule has 0 aliphatic rings. The number of alkyl halides is 2. The fourth-order valence-corrected chi connectivity index (χ4v) is 1.30. The number of benzene rings is 1. The Morgan fingerprint density at radius 2 is 1.83 bits per heavy atom. The van der Waals surface area contributed by atoms with Crippen LogP contribution in [0.3, 0.4) is 0 Å². The fourth-order valence-electron chi connectivity index (χ4n) is 0.940. The first kappa shape index (κ1) is 9.69. The van der Waals surface area contributed by atoms with Crippen molar-refractivity contribution in [3.63, 3.8) is 0 Å². The highest BCUT2D eigenvalue weighted by Gasteiger charge is 2.00. The van der Waals surface area contributed by atoms with Gasteiger partial charge in [-0.25, -0.2) is 0 Å². The first-order valence-electron chi connectivity index (χ1n) is 3.63. The largest absolute Gasteiger partial charge is 0.497 e. The number of hydrogen-bond acceptors (Lipinski definition) is 1. The van der Waals surface area contributed by atoms with Crippen molar-refractivity contribution < 1.29 is 4.74 Å². The molecule has 0 saturated heterocycles.